The minimum atomic E-state index is -0.0807. The number of carbonyl (C=O) groups is 1. The molecule has 2 rings (SSSR count). The molecule has 1 saturated heterocycles. The van der Waals surface area contributed by atoms with E-state index in [1.54, 1.807) is 24.1 Å². The van der Waals surface area contributed by atoms with Crippen LogP contribution in [0.4, 0.5) is 0 Å². The van der Waals surface area contributed by atoms with Gasteiger partial charge in [0, 0.05) is 38.3 Å². The van der Waals surface area contributed by atoms with Gasteiger partial charge in [-0.25, -0.2) is 0 Å². The lowest BCUT2D eigenvalue weighted by Crippen LogP contribution is -2.46. The molecule has 0 atom stereocenters. The van der Waals surface area contributed by atoms with Crippen LogP contribution in [-0.2, 0) is 0 Å². The Kier molecular flexibility index (Phi) is 4.68. The van der Waals surface area contributed by atoms with Crippen molar-refractivity contribution in [1.29, 1.82) is 0 Å². The lowest BCUT2D eigenvalue weighted by Gasteiger charge is -2.28. The summed E-state index contributed by atoms with van der Waals surface area (Å²) in [5.41, 5.74) is 0.442. The molecule has 1 aliphatic rings. The minimum absolute atomic E-state index is 0.0807. The highest BCUT2D eigenvalue weighted by atomic mass is 16.5. The van der Waals surface area contributed by atoms with Crippen molar-refractivity contribution in [1.82, 2.24) is 10.2 Å². The second-order valence-corrected chi connectivity index (χ2v) is 4.45. The van der Waals surface area contributed by atoms with Gasteiger partial charge in [-0.3, -0.25) is 4.79 Å². The Bertz CT molecular complexity index is 459. The fraction of sp³-hybridized carbons (Fsp3) is 0.500. The van der Waals surface area contributed by atoms with Gasteiger partial charge in [0.2, 0.25) is 0 Å². The normalized spacial score (nSPS) is 14.8. The van der Waals surface area contributed by atoms with Crippen LogP contribution in [0.3, 0.4) is 0 Å². The molecule has 1 aliphatic heterocycles. The fourth-order valence-corrected chi connectivity index (χ4v) is 2.24. The second-order valence-electron chi connectivity index (χ2n) is 4.45. The Morgan fingerprint density at radius 1 is 1.05 bits per heavy atom. The molecule has 0 aromatic heterocycles. The predicted octanol–water partition coefficient (Wildman–Crippen LogP) is 0.758. The van der Waals surface area contributed by atoms with Crippen molar-refractivity contribution in [2.45, 2.75) is 0 Å². The molecule has 0 spiro atoms. The lowest BCUT2D eigenvalue weighted by molar-refractivity contribution is 0.0728. The van der Waals surface area contributed by atoms with Gasteiger partial charge in [0.25, 0.3) is 5.91 Å². The number of amides is 1. The summed E-state index contributed by atoms with van der Waals surface area (Å²) in [6.45, 7) is 2.95. The van der Waals surface area contributed by atoms with Gasteiger partial charge >= 0.3 is 0 Å². The highest BCUT2D eigenvalue weighted by Crippen LogP contribution is 2.34. The van der Waals surface area contributed by atoms with E-state index >= 15 is 0 Å². The first-order chi connectivity index (χ1) is 9.71. The van der Waals surface area contributed by atoms with Crippen molar-refractivity contribution in [3.8, 4) is 17.2 Å². The molecule has 1 amide bonds. The fourth-order valence-electron chi connectivity index (χ4n) is 2.24. The van der Waals surface area contributed by atoms with Crippen LogP contribution in [0.5, 0.6) is 17.2 Å². The Balaban J connectivity index is 2.39. The molecule has 0 bridgehead atoms. The van der Waals surface area contributed by atoms with E-state index in [9.17, 15) is 4.79 Å². The average Bonchev–Trinajstić information content (AvgIpc) is 2.53. The van der Waals surface area contributed by atoms with Gasteiger partial charge in [-0.15, -0.1) is 0 Å². The van der Waals surface area contributed by atoms with Gasteiger partial charge in [0.1, 0.15) is 22.8 Å². The number of hydrogen-bond acceptors (Lipinski definition) is 5. The summed E-state index contributed by atoms with van der Waals surface area (Å²) < 4.78 is 15.8. The largest absolute Gasteiger partial charge is 0.496 e. The van der Waals surface area contributed by atoms with Gasteiger partial charge in [-0.2, -0.15) is 0 Å². The van der Waals surface area contributed by atoms with Crippen molar-refractivity contribution >= 4 is 5.91 Å². The monoisotopic (exact) mass is 280 g/mol. The maximum absolute atomic E-state index is 12.7. The van der Waals surface area contributed by atoms with Crippen LogP contribution in [0, 0.1) is 0 Å². The Morgan fingerprint density at radius 2 is 1.60 bits per heavy atom. The third-order valence-corrected chi connectivity index (χ3v) is 3.33. The second kappa shape index (κ2) is 6.47. The average molecular weight is 280 g/mol. The van der Waals surface area contributed by atoms with Crippen LogP contribution >= 0.6 is 0 Å². The number of methoxy groups -OCH3 is 3. The molecule has 1 N–H and O–H groups in total. The summed E-state index contributed by atoms with van der Waals surface area (Å²) in [5, 5.41) is 3.22. The first kappa shape index (κ1) is 14.5. The number of nitrogens with zero attached hydrogens (tertiary/aromatic N) is 1. The van der Waals surface area contributed by atoms with E-state index in [0.717, 1.165) is 13.1 Å². The van der Waals surface area contributed by atoms with Crippen LogP contribution in [0.1, 0.15) is 10.4 Å². The first-order valence-electron chi connectivity index (χ1n) is 6.51. The molecular formula is C14H20N2O4. The molecule has 6 heteroatoms. The molecule has 1 fully saturated rings. The molecule has 1 heterocycles. The summed E-state index contributed by atoms with van der Waals surface area (Å²) >= 11 is 0. The molecule has 110 valence electrons. The summed E-state index contributed by atoms with van der Waals surface area (Å²) in [6, 6.07) is 3.38. The zero-order valence-electron chi connectivity index (χ0n) is 12.1. The summed E-state index contributed by atoms with van der Waals surface area (Å²) in [4.78, 5) is 14.5. The molecule has 0 radical (unpaired) electrons. The van der Waals surface area contributed by atoms with Crippen molar-refractivity contribution < 1.29 is 19.0 Å². The zero-order valence-corrected chi connectivity index (χ0v) is 12.1. The van der Waals surface area contributed by atoms with Crippen molar-refractivity contribution in [2.75, 3.05) is 47.5 Å². The van der Waals surface area contributed by atoms with Crippen LogP contribution in [0.25, 0.3) is 0 Å². The lowest BCUT2D eigenvalue weighted by atomic mass is 10.1. The summed E-state index contributed by atoms with van der Waals surface area (Å²) in [6.07, 6.45) is 0. The standard InChI is InChI=1S/C14H20N2O4/c1-18-10-8-11(19-2)13(12(9-10)20-3)14(17)16-6-4-15-5-7-16/h8-9,15H,4-7H2,1-3H3. The summed E-state index contributed by atoms with van der Waals surface area (Å²) in [7, 11) is 4.62. The number of piperazine rings is 1. The van der Waals surface area contributed by atoms with E-state index in [2.05, 4.69) is 5.32 Å². The highest BCUT2D eigenvalue weighted by molar-refractivity contribution is 6.00. The van der Waals surface area contributed by atoms with Crippen molar-refractivity contribution in [3.63, 3.8) is 0 Å². The SMILES string of the molecule is COc1cc(OC)c(C(=O)N2CCNCC2)c(OC)c1. The van der Waals surface area contributed by atoms with E-state index in [1.165, 1.54) is 14.2 Å². The number of rotatable bonds is 4. The van der Waals surface area contributed by atoms with Gasteiger partial charge in [-0.1, -0.05) is 0 Å². The quantitative estimate of drug-likeness (QED) is 0.882. The molecular weight excluding hydrogens is 260 g/mol. The molecule has 0 aliphatic carbocycles. The molecule has 1 aromatic rings. The molecule has 0 unspecified atom stereocenters. The topological polar surface area (TPSA) is 60.0 Å². The van der Waals surface area contributed by atoms with Crippen molar-refractivity contribution in [2.24, 2.45) is 0 Å². The van der Waals surface area contributed by atoms with E-state index in [0.29, 0.717) is 35.9 Å². The van der Waals surface area contributed by atoms with E-state index in [1.807, 2.05) is 0 Å². The predicted molar refractivity (Wildman–Crippen MR) is 74.9 cm³/mol. The molecule has 6 nitrogen and oxygen atoms in total. The maximum atomic E-state index is 12.7. The smallest absolute Gasteiger partial charge is 0.261 e. The first-order valence-corrected chi connectivity index (χ1v) is 6.51. The summed E-state index contributed by atoms with van der Waals surface area (Å²) in [5.74, 6) is 1.44. The number of ether oxygens (including phenoxy) is 3. The number of benzene rings is 1. The number of nitrogens with one attached hydrogen (secondary N) is 1. The van der Waals surface area contributed by atoms with Crippen molar-refractivity contribution in [3.05, 3.63) is 17.7 Å². The van der Waals surface area contributed by atoms with Gasteiger partial charge in [0.05, 0.1) is 21.3 Å². The zero-order chi connectivity index (χ0) is 14.5. The molecule has 0 saturated carbocycles. The van der Waals surface area contributed by atoms with E-state index in [-0.39, 0.29) is 5.91 Å². The third kappa shape index (κ3) is 2.80. The maximum Gasteiger partial charge on any atom is 0.261 e. The third-order valence-electron chi connectivity index (χ3n) is 3.33. The van der Waals surface area contributed by atoms with E-state index in [4.69, 9.17) is 14.2 Å². The minimum Gasteiger partial charge on any atom is -0.496 e. The van der Waals surface area contributed by atoms with Gasteiger partial charge in [0.15, 0.2) is 0 Å². The Labute approximate surface area is 118 Å². The van der Waals surface area contributed by atoms with E-state index < -0.39 is 0 Å². The molecule has 20 heavy (non-hydrogen) atoms. The Hall–Kier alpha value is -1.95. The highest BCUT2D eigenvalue weighted by Gasteiger charge is 2.26. The van der Waals surface area contributed by atoms with Crippen LogP contribution in [-0.4, -0.2) is 58.3 Å². The Morgan fingerprint density at radius 3 is 2.05 bits per heavy atom. The molecule has 1 aromatic carbocycles. The van der Waals surface area contributed by atoms with Crippen LogP contribution in [0.15, 0.2) is 12.1 Å². The van der Waals surface area contributed by atoms with Gasteiger partial charge in [-0.05, 0) is 0 Å². The van der Waals surface area contributed by atoms with Crippen LogP contribution < -0.4 is 19.5 Å². The van der Waals surface area contributed by atoms with Crippen LogP contribution in [0.2, 0.25) is 0 Å². The number of hydrogen-bond donors (Lipinski definition) is 1. The number of carbonyl (C=O) groups excluding carboxylic acids is 1. The van der Waals surface area contributed by atoms with Gasteiger partial charge < -0.3 is 24.4 Å².